The maximum Gasteiger partial charge on any atom is 0.410 e. The van der Waals surface area contributed by atoms with Gasteiger partial charge in [0.2, 0.25) is 5.88 Å². The summed E-state index contributed by atoms with van der Waals surface area (Å²) in [5, 5.41) is 0.602. The quantitative estimate of drug-likeness (QED) is 0.719. The summed E-state index contributed by atoms with van der Waals surface area (Å²) < 4.78 is 10.9. The second-order valence-corrected chi connectivity index (χ2v) is 7.61. The van der Waals surface area contributed by atoms with Gasteiger partial charge in [0.1, 0.15) is 6.61 Å². The molecule has 1 amide bonds. The molecule has 3 heterocycles. The molecule has 2 bridgehead atoms. The normalized spacial score (nSPS) is 21.1. The molecule has 1 aromatic carbocycles. The first-order valence-electron chi connectivity index (χ1n) is 9.55. The molecular formula is C22H23ClN2O3. The van der Waals surface area contributed by atoms with Crippen molar-refractivity contribution >= 4 is 23.3 Å². The summed E-state index contributed by atoms with van der Waals surface area (Å²) in [6, 6.07) is 11.8. The van der Waals surface area contributed by atoms with Crippen molar-refractivity contribution in [3.63, 3.8) is 0 Å². The predicted molar refractivity (Wildman–Crippen MR) is 108 cm³/mol. The van der Waals surface area contributed by atoms with Gasteiger partial charge in [0.15, 0.2) is 0 Å². The van der Waals surface area contributed by atoms with Crippen molar-refractivity contribution in [2.45, 2.75) is 44.4 Å². The van der Waals surface area contributed by atoms with Crippen LogP contribution in [0.5, 0.6) is 5.88 Å². The lowest BCUT2D eigenvalue weighted by atomic mass is 9.83. The first-order chi connectivity index (χ1) is 13.7. The molecule has 2 atom stereocenters. The molecule has 1 fully saturated rings. The maximum atomic E-state index is 12.8. The fraction of sp³-hybridized carbons (Fsp3) is 0.364. The largest absolute Gasteiger partial charge is 0.481 e. The van der Waals surface area contributed by atoms with E-state index < -0.39 is 0 Å². The number of nitrogens with zero attached hydrogens (tertiary/aromatic N) is 2. The van der Waals surface area contributed by atoms with E-state index in [0.717, 1.165) is 42.4 Å². The number of aromatic nitrogens is 1. The highest BCUT2D eigenvalue weighted by Gasteiger charge is 2.38. The van der Waals surface area contributed by atoms with Gasteiger partial charge < -0.3 is 9.47 Å². The molecule has 28 heavy (non-hydrogen) atoms. The molecule has 1 aromatic heterocycles. The summed E-state index contributed by atoms with van der Waals surface area (Å²) in [5.41, 5.74) is 3.07. The molecular weight excluding hydrogens is 376 g/mol. The lowest BCUT2D eigenvalue weighted by Gasteiger charge is -2.44. The number of ether oxygens (including phenoxy) is 2. The zero-order valence-corrected chi connectivity index (χ0v) is 16.6. The molecule has 2 aliphatic rings. The van der Waals surface area contributed by atoms with Crippen LogP contribution < -0.4 is 4.74 Å². The summed E-state index contributed by atoms with van der Waals surface area (Å²) in [7, 11) is 1.59. The van der Waals surface area contributed by atoms with Gasteiger partial charge in [-0.15, -0.1) is 0 Å². The van der Waals surface area contributed by atoms with Crippen molar-refractivity contribution in [1.82, 2.24) is 9.88 Å². The van der Waals surface area contributed by atoms with E-state index in [1.807, 2.05) is 41.3 Å². The van der Waals surface area contributed by atoms with Crippen LogP contribution in [0.3, 0.4) is 0 Å². The van der Waals surface area contributed by atoms with Crippen LogP contribution in [0.2, 0.25) is 5.02 Å². The molecule has 0 saturated carbocycles. The van der Waals surface area contributed by atoms with Crippen molar-refractivity contribution in [1.29, 1.82) is 0 Å². The Kier molecular flexibility index (Phi) is 5.53. The molecule has 0 radical (unpaired) electrons. The Morgan fingerprint density at radius 3 is 2.86 bits per heavy atom. The van der Waals surface area contributed by atoms with Gasteiger partial charge in [-0.3, -0.25) is 4.90 Å². The number of halogens is 1. The van der Waals surface area contributed by atoms with E-state index in [4.69, 9.17) is 21.1 Å². The van der Waals surface area contributed by atoms with Gasteiger partial charge in [0.05, 0.1) is 24.4 Å². The van der Waals surface area contributed by atoms with E-state index in [1.54, 1.807) is 13.3 Å². The van der Waals surface area contributed by atoms with Crippen molar-refractivity contribution in [3.05, 3.63) is 64.8 Å². The lowest BCUT2D eigenvalue weighted by Crippen LogP contribution is -2.51. The third kappa shape index (κ3) is 3.85. The Balaban J connectivity index is 1.53. The van der Waals surface area contributed by atoms with E-state index in [0.29, 0.717) is 17.5 Å². The average Bonchev–Trinajstić information content (AvgIpc) is 2.72. The Hall–Kier alpha value is -2.53. The smallest absolute Gasteiger partial charge is 0.410 e. The van der Waals surface area contributed by atoms with E-state index in [-0.39, 0.29) is 18.2 Å². The SMILES string of the molecule is COc1cc(C2=CC3CCCC(C2)N3C(=O)OCc2ccccc2)c(Cl)cn1. The predicted octanol–water partition coefficient (Wildman–Crippen LogP) is 5.09. The van der Waals surface area contributed by atoms with Crippen LogP contribution in [0.1, 0.15) is 36.8 Å². The van der Waals surface area contributed by atoms with Crippen LogP contribution in [0.15, 0.2) is 48.7 Å². The second kappa shape index (κ2) is 8.23. The Labute approximate surface area is 169 Å². The molecule has 2 aliphatic heterocycles. The van der Waals surface area contributed by atoms with Gasteiger partial charge in [-0.05, 0) is 36.8 Å². The standard InChI is InChI=1S/C22H23ClN2O3/c1-27-21-12-19(20(23)13-24-21)16-10-17-8-5-9-18(11-16)25(17)22(26)28-14-15-6-3-2-4-7-15/h2-4,6-7,10,12-13,17-18H,5,8-9,11,14H2,1H3. The van der Waals surface area contributed by atoms with Crippen molar-refractivity contribution in [3.8, 4) is 5.88 Å². The van der Waals surface area contributed by atoms with Crippen molar-refractivity contribution in [2.24, 2.45) is 0 Å². The highest BCUT2D eigenvalue weighted by molar-refractivity contribution is 6.32. The fourth-order valence-corrected chi connectivity index (χ4v) is 4.31. The minimum absolute atomic E-state index is 0.0287. The van der Waals surface area contributed by atoms with Gasteiger partial charge in [-0.1, -0.05) is 48.0 Å². The van der Waals surface area contributed by atoms with Crippen molar-refractivity contribution < 1.29 is 14.3 Å². The van der Waals surface area contributed by atoms with Crippen LogP contribution in [0.4, 0.5) is 4.79 Å². The molecule has 0 aliphatic carbocycles. The molecule has 4 rings (SSSR count). The third-order valence-corrected chi connectivity index (χ3v) is 5.74. The van der Waals surface area contributed by atoms with Gasteiger partial charge in [-0.25, -0.2) is 9.78 Å². The first-order valence-corrected chi connectivity index (χ1v) is 9.93. The fourth-order valence-electron chi connectivity index (χ4n) is 4.09. The van der Waals surface area contributed by atoms with Crippen LogP contribution in [-0.2, 0) is 11.3 Å². The molecule has 6 heteroatoms. The number of hydrogen-bond acceptors (Lipinski definition) is 4. The molecule has 2 aromatic rings. The molecule has 1 saturated heterocycles. The monoisotopic (exact) mass is 398 g/mol. The number of hydrogen-bond donors (Lipinski definition) is 0. The third-order valence-electron chi connectivity index (χ3n) is 5.44. The topological polar surface area (TPSA) is 51.7 Å². The van der Waals surface area contributed by atoms with Gasteiger partial charge in [0.25, 0.3) is 0 Å². The van der Waals surface area contributed by atoms with Crippen molar-refractivity contribution in [2.75, 3.05) is 7.11 Å². The summed E-state index contributed by atoms with van der Waals surface area (Å²) in [6.07, 6.45) is 7.28. The summed E-state index contributed by atoms with van der Waals surface area (Å²) >= 11 is 6.40. The first kappa shape index (κ1) is 18.8. The van der Waals surface area contributed by atoms with E-state index >= 15 is 0 Å². The number of methoxy groups -OCH3 is 1. The molecule has 0 N–H and O–H groups in total. The molecule has 2 unspecified atom stereocenters. The minimum atomic E-state index is -0.243. The lowest BCUT2D eigenvalue weighted by molar-refractivity contribution is 0.0510. The summed E-state index contributed by atoms with van der Waals surface area (Å²) in [5.74, 6) is 0.537. The Morgan fingerprint density at radius 1 is 1.29 bits per heavy atom. The molecule has 146 valence electrons. The van der Waals surface area contributed by atoms with E-state index in [9.17, 15) is 4.79 Å². The number of carbonyl (C=O) groups is 1. The Bertz CT molecular complexity index is 885. The molecule has 5 nitrogen and oxygen atoms in total. The van der Waals surface area contributed by atoms with E-state index in [2.05, 4.69) is 11.1 Å². The Morgan fingerprint density at radius 2 is 2.11 bits per heavy atom. The zero-order valence-electron chi connectivity index (χ0n) is 15.8. The van der Waals surface area contributed by atoms with Crippen LogP contribution >= 0.6 is 11.6 Å². The number of carbonyl (C=O) groups excluding carboxylic acids is 1. The van der Waals surface area contributed by atoms with Crippen LogP contribution in [-0.4, -0.2) is 35.2 Å². The minimum Gasteiger partial charge on any atom is -0.481 e. The van der Waals surface area contributed by atoms with Gasteiger partial charge in [-0.2, -0.15) is 0 Å². The van der Waals surface area contributed by atoms with E-state index in [1.165, 1.54) is 0 Å². The highest BCUT2D eigenvalue weighted by atomic mass is 35.5. The van der Waals surface area contributed by atoms with Gasteiger partial charge >= 0.3 is 6.09 Å². The number of fused-ring (bicyclic) bond motifs is 2. The van der Waals surface area contributed by atoms with Gasteiger partial charge in [0, 0.05) is 17.7 Å². The highest BCUT2D eigenvalue weighted by Crippen LogP contribution is 2.39. The number of pyridine rings is 1. The number of benzene rings is 1. The maximum absolute atomic E-state index is 12.8. The molecule has 0 spiro atoms. The summed E-state index contributed by atoms with van der Waals surface area (Å²) in [4.78, 5) is 18.9. The summed E-state index contributed by atoms with van der Waals surface area (Å²) in [6.45, 7) is 0.291. The zero-order chi connectivity index (χ0) is 19.5. The number of rotatable bonds is 4. The number of amides is 1. The van der Waals surface area contributed by atoms with Crippen LogP contribution in [0, 0.1) is 0 Å². The average molecular weight is 399 g/mol. The van der Waals surface area contributed by atoms with Crippen LogP contribution in [0.25, 0.3) is 5.57 Å². The number of piperidine rings is 1. The second-order valence-electron chi connectivity index (χ2n) is 7.20.